The summed E-state index contributed by atoms with van der Waals surface area (Å²) in [6, 6.07) is 4.47. The number of carboxylic acids is 1. The van der Waals surface area contributed by atoms with Gasteiger partial charge in [-0.25, -0.2) is 13.2 Å². The molecular weight excluding hydrogens is 346 g/mol. The smallest absolute Gasteiger partial charge is 0.335 e. The van der Waals surface area contributed by atoms with Crippen molar-refractivity contribution in [2.45, 2.75) is 38.5 Å². The summed E-state index contributed by atoms with van der Waals surface area (Å²) in [7, 11) is -4.38. The van der Waals surface area contributed by atoms with E-state index in [1.807, 2.05) is 13.8 Å². The number of aromatic carboxylic acids is 1. The van der Waals surface area contributed by atoms with Crippen molar-refractivity contribution in [1.82, 2.24) is 4.31 Å². The number of benzene rings is 1. The summed E-state index contributed by atoms with van der Waals surface area (Å²) in [4.78, 5) is 36.4. The minimum absolute atomic E-state index is 0.0802. The van der Waals surface area contributed by atoms with Gasteiger partial charge >= 0.3 is 5.97 Å². The number of carboxylic acid groups (broad SMARTS) is 1. The summed E-state index contributed by atoms with van der Waals surface area (Å²) >= 11 is 0. The van der Waals surface area contributed by atoms with E-state index in [0.29, 0.717) is 17.1 Å². The molecule has 25 heavy (non-hydrogen) atoms. The molecule has 8 heteroatoms. The van der Waals surface area contributed by atoms with Crippen molar-refractivity contribution in [3.8, 4) is 0 Å². The lowest BCUT2D eigenvalue weighted by atomic mass is 9.63. The Balaban J connectivity index is 2.08. The zero-order valence-corrected chi connectivity index (χ0v) is 15.0. The van der Waals surface area contributed by atoms with Gasteiger partial charge in [0.15, 0.2) is 0 Å². The predicted octanol–water partition coefficient (Wildman–Crippen LogP) is 1.88. The Labute approximate surface area is 145 Å². The molecule has 2 aliphatic rings. The average molecular weight is 365 g/mol. The molecule has 1 N–H and O–H groups in total. The second-order valence-electron chi connectivity index (χ2n) is 7.39. The lowest BCUT2D eigenvalue weighted by Crippen LogP contribution is -2.60. The number of carbonyl (C=O) groups excluding carboxylic acids is 2. The SMILES string of the molecule is CC12CCC(C(=O)N(S(=O)(=O)c3ccc(C(=O)O)cc3)C1=O)C2(C)C. The first-order valence-electron chi connectivity index (χ1n) is 7.91. The lowest BCUT2D eigenvalue weighted by molar-refractivity contribution is -0.160. The zero-order chi connectivity index (χ0) is 18.8. The Morgan fingerprint density at radius 2 is 1.72 bits per heavy atom. The van der Waals surface area contributed by atoms with Crippen LogP contribution in [0.3, 0.4) is 0 Å². The van der Waals surface area contributed by atoms with E-state index in [0.717, 1.165) is 24.3 Å². The molecule has 2 atom stereocenters. The van der Waals surface area contributed by atoms with E-state index in [9.17, 15) is 22.8 Å². The molecule has 1 aromatic carbocycles. The van der Waals surface area contributed by atoms with E-state index in [1.165, 1.54) is 0 Å². The van der Waals surface area contributed by atoms with Crippen LogP contribution in [-0.2, 0) is 19.6 Å². The number of nitrogens with zero attached hydrogens (tertiary/aromatic N) is 1. The standard InChI is InChI=1S/C17H19NO6S/c1-16(2)12-8-9-17(16,3)15(22)18(13(12)19)25(23,24)11-6-4-10(5-7-11)14(20)21/h4-7,12H,8-9H2,1-3H3,(H,20,21). The lowest BCUT2D eigenvalue weighted by Gasteiger charge is -2.46. The maximum Gasteiger partial charge on any atom is 0.335 e. The molecule has 7 nitrogen and oxygen atoms in total. The average Bonchev–Trinajstić information content (AvgIpc) is 2.71. The molecule has 3 rings (SSSR count). The third-order valence-corrected chi connectivity index (χ3v) is 7.71. The largest absolute Gasteiger partial charge is 0.478 e. The van der Waals surface area contributed by atoms with Crippen LogP contribution in [0.4, 0.5) is 0 Å². The number of fused-ring (bicyclic) bond motifs is 2. The predicted molar refractivity (Wildman–Crippen MR) is 87.1 cm³/mol. The summed E-state index contributed by atoms with van der Waals surface area (Å²) in [5, 5.41) is 8.91. The molecule has 2 amide bonds. The molecule has 0 spiro atoms. The Hall–Kier alpha value is -2.22. The number of piperidine rings is 1. The second-order valence-corrected chi connectivity index (χ2v) is 9.17. The van der Waals surface area contributed by atoms with Crippen LogP contribution < -0.4 is 0 Å². The third kappa shape index (κ3) is 2.16. The van der Waals surface area contributed by atoms with Gasteiger partial charge in [-0.15, -0.1) is 0 Å². The fourth-order valence-corrected chi connectivity index (χ4v) is 5.36. The molecule has 134 valence electrons. The topological polar surface area (TPSA) is 109 Å². The van der Waals surface area contributed by atoms with Crippen molar-refractivity contribution in [1.29, 1.82) is 0 Å². The Bertz CT molecular complexity index is 886. The number of imide groups is 1. The normalized spacial score (nSPS) is 28.3. The van der Waals surface area contributed by atoms with Crippen LogP contribution in [0.15, 0.2) is 29.2 Å². The summed E-state index contributed by atoms with van der Waals surface area (Å²) < 4.78 is 26.2. The van der Waals surface area contributed by atoms with Crippen LogP contribution in [0.5, 0.6) is 0 Å². The first-order valence-corrected chi connectivity index (χ1v) is 9.35. The number of hydrogen-bond acceptors (Lipinski definition) is 5. The number of hydrogen-bond donors (Lipinski definition) is 1. The van der Waals surface area contributed by atoms with Gasteiger partial charge in [-0.05, 0) is 42.5 Å². The highest BCUT2D eigenvalue weighted by atomic mass is 32.2. The van der Waals surface area contributed by atoms with Gasteiger partial charge in [0.1, 0.15) is 0 Å². The first kappa shape index (κ1) is 17.6. The van der Waals surface area contributed by atoms with Gasteiger partial charge < -0.3 is 5.11 Å². The molecule has 1 saturated carbocycles. The minimum atomic E-state index is -4.38. The van der Waals surface area contributed by atoms with Crippen LogP contribution >= 0.6 is 0 Å². The van der Waals surface area contributed by atoms with Crippen molar-refractivity contribution >= 4 is 27.8 Å². The van der Waals surface area contributed by atoms with E-state index >= 15 is 0 Å². The zero-order valence-electron chi connectivity index (χ0n) is 14.1. The van der Waals surface area contributed by atoms with E-state index < -0.39 is 44.6 Å². The Kier molecular flexibility index (Phi) is 3.62. The molecule has 1 aromatic rings. The fourth-order valence-electron chi connectivity index (χ4n) is 3.88. The number of sulfonamides is 1. The minimum Gasteiger partial charge on any atom is -0.478 e. The first-order chi connectivity index (χ1) is 11.4. The molecule has 2 bridgehead atoms. The van der Waals surface area contributed by atoms with Gasteiger partial charge in [0.25, 0.3) is 10.0 Å². The molecule has 2 fully saturated rings. The van der Waals surface area contributed by atoms with E-state index in [1.54, 1.807) is 6.92 Å². The highest BCUT2D eigenvalue weighted by Crippen LogP contribution is 2.60. The molecular formula is C17H19NO6S. The van der Waals surface area contributed by atoms with Gasteiger partial charge in [-0.3, -0.25) is 9.59 Å². The maximum absolute atomic E-state index is 13.0. The van der Waals surface area contributed by atoms with Crippen molar-refractivity contribution in [2.75, 3.05) is 0 Å². The highest BCUT2D eigenvalue weighted by Gasteiger charge is 2.66. The van der Waals surface area contributed by atoms with E-state index in [-0.39, 0.29) is 10.5 Å². The molecule has 2 unspecified atom stereocenters. The molecule has 1 aliphatic heterocycles. The quantitative estimate of drug-likeness (QED) is 0.819. The summed E-state index contributed by atoms with van der Waals surface area (Å²) in [6.07, 6.45) is 0.928. The molecule has 1 saturated heterocycles. The highest BCUT2D eigenvalue weighted by molar-refractivity contribution is 7.90. The fraction of sp³-hybridized carbons (Fsp3) is 0.471. The number of carbonyl (C=O) groups is 3. The molecule has 0 aromatic heterocycles. The summed E-state index contributed by atoms with van der Waals surface area (Å²) in [5.41, 5.74) is -1.62. The van der Waals surface area contributed by atoms with Crippen LogP contribution in [-0.4, -0.2) is 35.6 Å². The van der Waals surface area contributed by atoms with Crippen molar-refractivity contribution in [3.05, 3.63) is 29.8 Å². The molecule has 0 radical (unpaired) electrons. The third-order valence-electron chi connectivity index (χ3n) is 6.02. The number of amides is 2. The van der Waals surface area contributed by atoms with Crippen LogP contribution in [0.1, 0.15) is 44.0 Å². The second kappa shape index (κ2) is 5.14. The molecule has 1 heterocycles. The summed E-state index contributed by atoms with van der Waals surface area (Å²) in [6.45, 7) is 5.36. The molecule has 1 aliphatic carbocycles. The number of rotatable bonds is 3. The van der Waals surface area contributed by atoms with Gasteiger partial charge in [0.2, 0.25) is 11.8 Å². The van der Waals surface area contributed by atoms with Crippen LogP contribution in [0.2, 0.25) is 0 Å². The monoisotopic (exact) mass is 365 g/mol. The van der Waals surface area contributed by atoms with Crippen LogP contribution in [0.25, 0.3) is 0 Å². The van der Waals surface area contributed by atoms with Gasteiger partial charge in [0, 0.05) is 5.92 Å². The van der Waals surface area contributed by atoms with Crippen molar-refractivity contribution in [2.24, 2.45) is 16.7 Å². The van der Waals surface area contributed by atoms with Crippen molar-refractivity contribution in [3.63, 3.8) is 0 Å². The van der Waals surface area contributed by atoms with Gasteiger partial charge in [0.05, 0.1) is 15.9 Å². The van der Waals surface area contributed by atoms with E-state index in [2.05, 4.69) is 0 Å². The Morgan fingerprint density at radius 3 is 2.24 bits per heavy atom. The van der Waals surface area contributed by atoms with Gasteiger partial charge in [-0.2, -0.15) is 4.31 Å². The summed E-state index contributed by atoms with van der Waals surface area (Å²) in [5.74, 6) is -3.14. The van der Waals surface area contributed by atoms with Gasteiger partial charge in [-0.1, -0.05) is 20.8 Å². The maximum atomic E-state index is 13.0. The van der Waals surface area contributed by atoms with Crippen LogP contribution in [0, 0.1) is 16.7 Å². The Morgan fingerprint density at radius 1 is 1.16 bits per heavy atom. The van der Waals surface area contributed by atoms with E-state index in [4.69, 9.17) is 5.11 Å². The van der Waals surface area contributed by atoms with Crippen molar-refractivity contribution < 1.29 is 27.9 Å².